The summed E-state index contributed by atoms with van der Waals surface area (Å²) in [7, 11) is 0. The number of carboxylic acid groups (broad SMARTS) is 1. The van der Waals surface area contributed by atoms with E-state index in [0.29, 0.717) is 30.3 Å². The highest BCUT2D eigenvalue weighted by atomic mass is 16.7. The number of carboxylic acids is 1. The van der Waals surface area contributed by atoms with Crippen LogP contribution in [0.4, 0.5) is 0 Å². The molecule has 0 amide bonds. The van der Waals surface area contributed by atoms with Crippen LogP contribution in [0.1, 0.15) is 134 Å². The number of carbonyl (C=O) groups is 1. The van der Waals surface area contributed by atoms with Crippen LogP contribution in [0.3, 0.4) is 0 Å². The van der Waals surface area contributed by atoms with E-state index in [0.717, 1.165) is 57.8 Å². The van der Waals surface area contributed by atoms with Gasteiger partial charge in [-0.1, -0.05) is 60.1 Å². The number of rotatable bonds is 7. The maximum atomic E-state index is 13.1. The van der Waals surface area contributed by atoms with Gasteiger partial charge in [0.2, 0.25) is 0 Å². The van der Waals surface area contributed by atoms with Crippen LogP contribution in [0.2, 0.25) is 0 Å². The molecule has 0 radical (unpaired) electrons. The van der Waals surface area contributed by atoms with Gasteiger partial charge in [0, 0.05) is 0 Å². The van der Waals surface area contributed by atoms with Crippen molar-refractivity contribution in [2.75, 3.05) is 6.61 Å². The Morgan fingerprint density at radius 1 is 0.896 bits per heavy atom. The van der Waals surface area contributed by atoms with Crippen LogP contribution in [-0.2, 0) is 23.7 Å². The highest BCUT2D eigenvalue weighted by Crippen LogP contribution is 2.76. The molecule has 48 heavy (non-hydrogen) atoms. The molecule has 14 atom stereocenters. The third-order valence-corrected chi connectivity index (χ3v) is 15.9. The van der Waals surface area contributed by atoms with Gasteiger partial charge < -0.3 is 29.2 Å². The summed E-state index contributed by atoms with van der Waals surface area (Å²) in [5, 5.41) is 22.3. The molecule has 0 aromatic rings. The Morgan fingerprint density at radius 3 is 2.23 bits per heavy atom. The molecule has 0 aromatic carbocycles. The summed E-state index contributed by atoms with van der Waals surface area (Å²) in [5.41, 5.74) is 1.04. The Labute approximate surface area is 291 Å². The Bertz CT molecular complexity index is 1240. The lowest BCUT2D eigenvalue weighted by Crippen LogP contribution is -2.66. The predicted molar refractivity (Wildman–Crippen MR) is 187 cm³/mol. The van der Waals surface area contributed by atoms with Crippen LogP contribution in [0.25, 0.3) is 0 Å². The fourth-order valence-electron chi connectivity index (χ4n) is 13.1. The molecule has 5 fully saturated rings. The van der Waals surface area contributed by atoms with Gasteiger partial charge in [0.1, 0.15) is 18.3 Å². The van der Waals surface area contributed by atoms with E-state index in [-0.39, 0.29) is 52.0 Å². The monoisotopic (exact) mass is 672 g/mol. The molecule has 274 valence electrons. The lowest BCUT2D eigenvalue weighted by molar-refractivity contribution is -0.321. The van der Waals surface area contributed by atoms with Crippen molar-refractivity contribution in [1.29, 1.82) is 0 Å². The highest BCUT2D eigenvalue weighted by Gasteiger charge is 2.69. The van der Waals surface area contributed by atoms with Crippen molar-refractivity contribution in [2.24, 2.45) is 56.7 Å². The number of allylic oxidation sites excluding steroid dienone is 2. The summed E-state index contributed by atoms with van der Waals surface area (Å²) < 4.78 is 25.3. The summed E-state index contributed by atoms with van der Waals surface area (Å²) in [6.07, 6.45) is 8.90. The first-order valence-electron chi connectivity index (χ1n) is 19.5. The van der Waals surface area contributed by atoms with Crippen molar-refractivity contribution >= 4 is 5.97 Å². The van der Waals surface area contributed by atoms with Crippen LogP contribution >= 0.6 is 0 Å². The van der Waals surface area contributed by atoms with E-state index in [1.54, 1.807) is 0 Å². The summed E-state index contributed by atoms with van der Waals surface area (Å²) in [4.78, 5) is 13.1. The van der Waals surface area contributed by atoms with Crippen molar-refractivity contribution in [2.45, 2.75) is 177 Å². The van der Waals surface area contributed by atoms with Crippen LogP contribution < -0.4 is 0 Å². The molecular formula is C41H68O7. The van der Waals surface area contributed by atoms with Gasteiger partial charge in [-0.15, -0.1) is 0 Å². The number of fused-ring (bicyclic) bond motifs is 7. The predicted octanol–water partition coefficient (Wildman–Crippen LogP) is 8.42. The van der Waals surface area contributed by atoms with Crippen LogP contribution in [-0.4, -0.2) is 65.7 Å². The smallest absolute Gasteiger partial charge is 0.310 e. The molecule has 0 unspecified atom stereocenters. The minimum Gasteiger partial charge on any atom is -0.481 e. The molecule has 7 heteroatoms. The average Bonchev–Trinajstić information content (AvgIpc) is 2.99. The normalized spacial score (nSPS) is 50.2. The van der Waals surface area contributed by atoms with Crippen molar-refractivity contribution in [3.8, 4) is 0 Å². The molecule has 5 aliphatic carbocycles. The third kappa shape index (κ3) is 5.40. The first-order chi connectivity index (χ1) is 22.3. The first-order valence-corrected chi connectivity index (χ1v) is 19.5. The average molecular weight is 673 g/mol. The van der Waals surface area contributed by atoms with E-state index in [4.69, 9.17) is 18.9 Å². The second-order valence-electron chi connectivity index (χ2n) is 19.2. The molecule has 1 aliphatic heterocycles. The van der Waals surface area contributed by atoms with Crippen LogP contribution in [0.15, 0.2) is 11.6 Å². The molecule has 0 aromatic heterocycles. The second kappa shape index (κ2) is 12.6. The van der Waals surface area contributed by atoms with Crippen LogP contribution in [0, 0.1) is 56.7 Å². The summed E-state index contributed by atoms with van der Waals surface area (Å²) in [5.74, 6) is 1.51. The molecular weight excluding hydrogens is 604 g/mol. The van der Waals surface area contributed by atoms with Gasteiger partial charge in [0.15, 0.2) is 6.29 Å². The minimum atomic E-state index is -0.931. The molecule has 1 saturated heterocycles. The van der Waals surface area contributed by atoms with Gasteiger partial charge in [0.25, 0.3) is 0 Å². The largest absolute Gasteiger partial charge is 0.481 e. The topological polar surface area (TPSA) is 94.5 Å². The zero-order valence-electron chi connectivity index (χ0n) is 32.0. The maximum Gasteiger partial charge on any atom is 0.310 e. The molecule has 0 bridgehead atoms. The Morgan fingerprint density at radius 2 is 1.58 bits per heavy atom. The first kappa shape index (κ1) is 36.8. The maximum absolute atomic E-state index is 13.1. The number of hydrogen-bond acceptors (Lipinski definition) is 6. The summed E-state index contributed by atoms with van der Waals surface area (Å²) in [6, 6.07) is 0. The van der Waals surface area contributed by atoms with E-state index < -0.39 is 29.9 Å². The van der Waals surface area contributed by atoms with E-state index in [9.17, 15) is 15.0 Å². The standard InChI is InChI=1S/C41H68O7/c1-23(2)46-28-22-45-35(33(42)34(28)47-24(3)4)48-31-16-17-38(9)29(37(31,7)8)15-18-40(11)30(38)13-12-27-32-26(6)25(5)14-19-41(32,36(43)44)21-20-39(27,40)10/h12,23-26,28-35,42H,13-22H2,1-11H3,(H,43,44)/t25-,26+,28+,29+,30-,31+,32+,33-,34+,35+,38+,39-,40-,41+/m1/s1. The van der Waals surface area contributed by atoms with E-state index in [1.807, 2.05) is 27.7 Å². The molecule has 0 spiro atoms. The Kier molecular flexibility index (Phi) is 9.66. The van der Waals surface area contributed by atoms with Crippen molar-refractivity contribution in [1.82, 2.24) is 0 Å². The zero-order chi connectivity index (χ0) is 35.2. The number of ether oxygens (including phenoxy) is 4. The fraction of sp³-hybridized carbons (Fsp3) is 0.927. The summed E-state index contributed by atoms with van der Waals surface area (Å²) >= 11 is 0. The van der Waals surface area contributed by atoms with Gasteiger partial charge in [0.05, 0.1) is 30.3 Å². The number of hydrogen-bond donors (Lipinski definition) is 2. The fourth-order valence-corrected chi connectivity index (χ4v) is 13.1. The molecule has 6 rings (SSSR count). The van der Waals surface area contributed by atoms with E-state index >= 15 is 0 Å². The molecule has 7 nitrogen and oxygen atoms in total. The molecule has 1 heterocycles. The number of aliphatic hydroxyl groups excluding tert-OH is 1. The lowest BCUT2D eigenvalue weighted by atomic mass is 9.33. The Hall–Kier alpha value is -0.990. The molecule has 4 saturated carbocycles. The van der Waals surface area contributed by atoms with Gasteiger partial charge in [-0.3, -0.25) is 4.79 Å². The minimum absolute atomic E-state index is 0.00407. The quantitative estimate of drug-likeness (QED) is 0.207. The third-order valence-electron chi connectivity index (χ3n) is 15.9. The lowest BCUT2D eigenvalue weighted by Gasteiger charge is -2.71. The van der Waals surface area contributed by atoms with Gasteiger partial charge in [-0.25, -0.2) is 0 Å². The van der Waals surface area contributed by atoms with Gasteiger partial charge in [-0.05, 0) is 137 Å². The SMILES string of the molecule is CC(C)O[C@@H]1[C@@H](O)[C@H](O[C@H]2CC[C@]3(C)[C@H]4CC=C5[C@@H]6[C@@H](C)[C@H](C)CC[C@]6(C(=O)O)CC[C@@]5(C)[C@]4(C)CC[C@H]3C2(C)C)OC[C@@H]1OC(C)C. The second-order valence-corrected chi connectivity index (χ2v) is 19.2. The highest BCUT2D eigenvalue weighted by molar-refractivity contribution is 5.76. The van der Waals surface area contributed by atoms with Gasteiger partial charge >= 0.3 is 5.97 Å². The number of aliphatic carboxylic acids is 1. The number of aliphatic hydroxyl groups is 1. The van der Waals surface area contributed by atoms with E-state index in [2.05, 4.69) is 54.5 Å². The molecule has 2 N–H and O–H groups in total. The van der Waals surface area contributed by atoms with E-state index in [1.165, 1.54) is 5.57 Å². The summed E-state index contributed by atoms with van der Waals surface area (Å²) in [6.45, 7) is 25.5. The van der Waals surface area contributed by atoms with Crippen LogP contribution in [0.5, 0.6) is 0 Å². The van der Waals surface area contributed by atoms with Gasteiger partial charge in [-0.2, -0.15) is 0 Å². The molecule has 6 aliphatic rings. The zero-order valence-corrected chi connectivity index (χ0v) is 32.0. The van der Waals surface area contributed by atoms with Crippen molar-refractivity contribution in [3.63, 3.8) is 0 Å². The Balaban J connectivity index is 1.25. The van der Waals surface area contributed by atoms with Crippen molar-refractivity contribution < 1.29 is 34.0 Å². The van der Waals surface area contributed by atoms with Crippen molar-refractivity contribution in [3.05, 3.63) is 11.6 Å².